The molecular weight excluding hydrogens is 347 g/mol. The summed E-state index contributed by atoms with van der Waals surface area (Å²) < 4.78 is 0.864. The summed E-state index contributed by atoms with van der Waals surface area (Å²) in [6.07, 6.45) is 0.434. The first-order chi connectivity index (χ1) is 8.52. The van der Waals surface area contributed by atoms with Crippen molar-refractivity contribution in [2.24, 2.45) is 11.7 Å². The van der Waals surface area contributed by atoms with Crippen molar-refractivity contribution in [1.29, 1.82) is 0 Å². The van der Waals surface area contributed by atoms with Gasteiger partial charge in [-0.15, -0.1) is 0 Å². The van der Waals surface area contributed by atoms with Crippen LogP contribution in [0.4, 0.5) is 5.69 Å². The molecule has 1 amide bonds. The summed E-state index contributed by atoms with van der Waals surface area (Å²) in [6.45, 7) is 1.03. The van der Waals surface area contributed by atoms with Crippen LogP contribution in [0.15, 0.2) is 18.2 Å². The Hall–Kier alpha value is -1.15. The van der Waals surface area contributed by atoms with Gasteiger partial charge < -0.3 is 15.7 Å². The number of hydrogen-bond acceptors (Lipinski definition) is 3. The topological polar surface area (TPSA) is 83.6 Å². The molecule has 0 bridgehead atoms. The molecule has 3 N–H and O–H groups in total. The summed E-state index contributed by atoms with van der Waals surface area (Å²) in [5.41, 5.74) is 6.43. The molecule has 0 aliphatic carbocycles. The van der Waals surface area contributed by atoms with E-state index in [0.29, 0.717) is 25.2 Å². The van der Waals surface area contributed by atoms with Crippen molar-refractivity contribution in [1.82, 2.24) is 0 Å². The molecule has 1 fully saturated rings. The van der Waals surface area contributed by atoms with Gasteiger partial charge in [-0.05, 0) is 53.3 Å². The van der Waals surface area contributed by atoms with E-state index in [-0.39, 0.29) is 17.4 Å². The molecule has 1 saturated heterocycles. The molecule has 1 aliphatic heterocycles. The number of benzene rings is 1. The second-order valence-corrected chi connectivity index (χ2v) is 5.44. The minimum atomic E-state index is -0.991. The van der Waals surface area contributed by atoms with E-state index < -0.39 is 5.97 Å². The SMILES string of the molecule is NCC1CC(=O)N(c2cc(C(=O)O)ccc2I)C1. The van der Waals surface area contributed by atoms with E-state index in [0.717, 1.165) is 3.57 Å². The van der Waals surface area contributed by atoms with E-state index in [1.807, 2.05) is 0 Å². The third kappa shape index (κ3) is 2.49. The Morgan fingerprint density at radius 3 is 2.83 bits per heavy atom. The number of carbonyl (C=O) groups excluding carboxylic acids is 1. The fourth-order valence-corrected chi connectivity index (χ4v) is 2.65. The second kappa shape index (κ2) is 5.23. The average Bonchev–Trinajstić information content (AvgIpc) is 2.71. The molecule has 96 valence electrons. The highest BCUT2D eigenvalue weighted by molar-refractivity contribution is 14.1. The normalized spacial score (nSPS) is 19.3. The van der Waals surface area contributed by atoms with Crippen LogP contribution in [0, 0.1) is 9.49 Å². The molecule has 0 aromatic heterocycles. The van der Waals surface area contributed by atoms with Gasteiger partial charge >= 0.3 is 5.97 Å². The smallest absolute Gasteiger partial charge is 0.335 e. The van der Waals surface area contributed by atoms with Crippen LogP contribution >= 0.6 is 22.6 Å². The number of carboxylic acid groups (broad SMARTS) is 1. The van der Waals surface area contributed by atoms with Gasteiger partial charge in [-0.2, -0.15) is 0 Å². The largest absolute Gasteiger partial charge is 0.478 e. The summed E-state index contributed by atoms with van der Waals surface area (Å²) in [7, 11) is 0. The van der Waals surface area contributed by atoms with Crippen molar-refractivity contribution in [2.75, 3.05) is 18.0 Å². The number of anilines is 1. The monoisotopic (exact) mass is 360 g/mol. The number of halogens is 1. The zero-order chi connectivity index (χ0) is 13.3. The molecule has 0 saturated carbocycles. The van der Waals surface area contributed by atoms with Crippen molar-refractivity contribution in [2.45, 2.75) is 6.42 Å². The Morgan fingerprint density at radius 1 is 1.56 bits per heavy atom. The van der Waals surface area contributed by atoms with Crippen LogP contribution in [-0.4, -0.2) is 30.1 Å². The lowest BCUT2D eigenvalue weighted by atomic mass is 10.1. The van der Waals surface area contributed by atoms with Gasteiger partial charge in [-0.25, -0.2) is 4.79 Å². The maximum Gasteiger partial charge on any atom is 0.335 e. The van der Waals surface area contributed by atoms with Gasteiger partial charge in [0.2, 0.25) is 5.91 Å². The highest BCUT2D eigenvalue weighted by Crippen LogP contribution is 2.29. The third-order valence-electron chi connectivity index (χ3n) is 3.02. The van der Waals surface area contributed by atoms with Crippen molar-refractivity contribution in [3.63, 3.8) is 0 Å². The number of rotatable bonds is 3. The molecule has 0 spiro atoms. The summed E-state index contributed by atoms with van der Waals surface area (Å²) in [6, 6.07) is 4.79. The molecule has 0 radical (unpaired) electrons. The Kier molecular flexibility index (Phi) is 3.86. The summed E-state index contributed by atoms with van der Waals surface area (Å²) in [4.78, 5) is 24.5. The van der Waals surface area contributed by atoms with Crippen molar-refractivity contribution >= 4 is 40.2 Å². The predicted molar refractivity (Wildman–Crippen MR) is 75.6 cm³/mol. The first-order valence-corrected chi connectivity index (χ1v) is 6.64. The zero-order valence-corrected chi connectivity index (χ0v) is 11.8. The summed E-state index contributed by atoms with van der Waals surface area (Å²) >= 11 is 2.10. The van der Waals surface area contributed by atoms with Crippen LogP contribution < -0.4 is 10.6 Å². The van der Waals surface area contributed by atoms with Crippen LogP contribution in [0.5, 0.6) is 0 Å². The number of nitrogens with zero attached hydrogens (tertiary/aromatic N) is 1. The van der Waals surface area contributed by atoms with Crippen LogP contribution in [0.3, 0.4) is 0 Å². The van der Waals surface area contributed by atoms with Crippen molar-refractivity contribution in [3.8, 4) is 0 Å². The predicted octanol–water partition coefficient (Wildman–Crippen LogP) is 1.30. The number of carboxylic acids is 1. The van der Waals surface area contributed by atoms with E-state index >= 15 is 0 Å². The maximum atomic E-state index is 11.9. The van der Waals surface area contributed by atoms with Gasteiger partial charge in [-0.1, -0.05) is 0 Å². The minimum Gasteiger partial charge on any atom is -0.478 e. The van der Waals surface area contributed by atoms with Gasteiger partial charge in [0.1, 0.15) is 0 Å². The van der Waals surface area contributed by atoms with E-state index in [4.69, 9.17) is 10.8 Å². The molecule has 1 aromatic rings. The molecule has 1 unspecified atom stereocenters. The molecular formula is C12H13IN2O3. The fraction of sp³-hybridized carbons (Fsp3) is 0.333. The van der Waals surface area contributed by atoms with Gasteiger partial charge in [-0.3, -0.25) is 4.79 Å². The van der Waals surface area contributed by atoms with Crippen LogP contribution in [0.25, 0.3) is 0 Å². The minimum absolute atomic E-state index is 0.00547. The second-order valence-electron chi connectivity index (χ2n) is 4.28. The van der Waals surface area contributed by atoms with E-state index in [2.05, 4.69) is 22.6 Å². The zero-order valence-electron chi connectivity index (χ0n) is 9.60. The molecule has 2 rings (SSSR count). The molecule has 1 aliphatic rings. The highest BCUT2D eigenvalue weighted by atomic mass is 127. The molecule has 1 heterocycles. The van der Waals surface area contributed by atoms with Gasteiger partial charge in [0, 0.05) is 16.5 Å². The molecule has 18 heavy (non-hydrogen) atoms. The summed E-state index contributed by atoms with van der Waals surface area (Å²) in [5, 5.41) is 8.98. The standard InChI is InChI=1S/C12H13IN2O3/c13-9-2-1-8(12(17)18)4-10(9)15-6-7(5-14)3-11(15)16/h1-2,4,7H,3,5-6,14H2,(H,17,18). The van der Waals surface area contributed by atoms with Crippen LogP contribution in [0.2, 0.25) is 0 Å². The van der Waals surface area contributed by atoms with E-state index in [9.17, 15) is 9.59 Å². The Labute approximate surface area is 118 Å². The fourth-order valence-electron chi connectivity index (χ4n) is 2.02. The number of carbonyl (C=O) groups is 2. The quantitative estimate of drug-likeness (QED) is 0.796. The molecule has 1 aromatic carbocycles. The van der Waals surface area contributed by atoms with Gasteiger partial charge in [0.05, 0.1) is 11.3 Å². The van der Waals surface area contributed by atoms with Crippen LogP contribution in [-0.2, 0) is 4.79 Å². The first kappa shape index (κ1) is 13.3. The number of aromatic carboxylic acids is 1. The Balaban J connectivity index is 2.35. The maximum absolute atomic E-state index is 11.9. The number of hydrogen-bond donors (Lipinski definition) is 2. The van der Waals surface area contributed by atoms with Crippen molar-refractivity contribution in [3.05, 3.63) is 27.3 Å². The van der Waals surface area contributed by atoms with Gasteiger partial charge in [0.25, 0.3) is 0 Å². The number of amides is 1. The lowest BCUT2D eigenvalue weighted by molar-refractivity contribution is -0.117. The summed E-state index contributed by atoms with van der Waals surface area (Å²) in [5.74, 6) is -0.831. The molecule has 6 heteroatoms. The third-order valence-corrected chi connectivity index (χ3v) is 3.93. The number of nitrogens with two attached hydrogens (primary N) is 1. The van der Waals surface area contributed by atoms with Crippen molar-refractivity contribution < 1.29 is 14.7 Å². The highest BCUT2D eigenvalue weighted by Gasteiger charge is 2.31. The van der Waals surface area contributed by atoms with E-state index in [1.165, 1.54) is 6.07 Å². The van der Waals surface area contributed by atoms with Crippen LogP contribution in [0.1, 0.15) is 16.8 Å². The van der Waals surface area contributed by atoms with Gasteiger partial charge in [0.15, 0.2) is 0 Å². The Bertz CT molecular complexity index is 504. The molecule has 1 atom stereocenters. The first-order valence-electron chi connectivity index (χ1n) is 5.56. The Morgan fingerprint density at radius 2 is 2.28 bits per heavy atom. The molecule has 5 nitrogen and oxygen atoms in total. The average molecular weight is 360 g/mol. The van der Waals surface area contributed by atoms with E-state index in [1.54, 1.807) is 17.0 Å². The lowest BCUT2D eigenvalue weighted by Crippen LogP contribution is -2.26. The lowest BCUT2D eigenvalue weighted by Gasteiger charge is -2.18.